The van der Waals surface area contributed by atoms with Crippen molar-refractivity contribution in [2.75, 3.05) is 5.32 Å². The lowest BCUT2D eigenvalue weighted by Crippen LogP contribution is -2.29. The lowest BCUT2D eigenvalue weighted by atomic mass is 9.69. The summed E-state index contributed by atoms with van der Waals surface area (Å²) >= 11 is 0. The van der Waals surface area contributed by atoms with Gasteiger partial charge < -0.3 is 5.32 Å². The van der Waals surface area contributed by atoms with Gasteiger partial charge in [-0.1, -0.05) is 85.4 Å². The molecule has 1 nitrogen and oxygen atoms in total. The molecule has 0 atom stereocenters. The molecule has 0 amide bonds. The van der Waals surface area contributed by atoms with E-state index in [1.54, 1.807) is 0 Å². The van der Waals surface area contributed by atoms with E-state index in [4.69, 9.17) is 0 Å². The van der Waals surface area contributed by atoms with Crippen molar-refractivity contribution in [1.82, 2.24) is 0 Å². The Hall–Kier alpha value is -2.80. The fourth-order valence-electron chi connectivity index (χ4n) is 3.54. The average Bonchev–Trinajstić information content (AvgIpc) is 2.89. The van der Waals surface area contributed by atoms with Gasteiger partial charge in [0.25, 0.3) is 0 Å². The van der Waals surface area contributed by atoms with Crippen LogP contribution in [-0.4, -0.2) is 0 Å². The number of nitrogens with one attached hydrogen (secondary N) is 1. The number of anilines is 1. The summed E-state index contributed by atoms with van der Waals surface area (Å²) in [5.41, 5.74) is 5.55. The third kappa shape index (κ3) is 1.66. The van der Waals surface area contributed by atoms with Gasteiger partial charge >= 0.3 is 0 Å². The van der Waals surface area contributed by atoms with Crippen LogP contribution in [0.4, 0.5) is 5.69 Å². The van der Waals surface area contributed by atoms with Gasteiger partial charge in [0.1, 0.15) is 0 Å². The molecule has 1 heteroatoms. The van der Waals surface area contributed by atoms with E-state index in [0.29, 0.717) is 0 Å². The van der Waals surface area contributed by atoms with Crippen molar-refractivity contribution in [3.05, 3.63) is 114 Å². The Balaban J connectivity index is 2.09. The van der Waals surface area contributed by atoms with Crippen LogP contribution in [0.1, 0.15) is 16.7 Å². The predicted molar refractivity (Wildman–Crippen MR) is 92.0 cm³/mol. The second-order valence-electron chi connectivity index (χ2n) is 5.63. The number of fused-ring (bicyclic) bond motifs is 1. The van der Waals surface area contributed by atoms with Crippen LogP contribution in [0, 0.1) is 0 Å². The highest BCUT2D eigenvalue weighted by molar-refractivity contribution is 5.76. The highest BCUT2D eigenvalue weighted by Crippen LogP contribution is 2.51. The van der Waals surface area contributed by atoms with Gasteiger partial charge in [-0.2, -0.15) is 0 Å². The quantitative estimate of drug-likeness (QED) is 0.701. The van der Waals surface area contributed by atoms with Crippen LogP contribution in [0.2, 0.25) is 0 Å². The van der Waals surface area contributed by atoms with Crippen molar-refractivity contribution in [1.29, 1.82) is 0 Å². The van der Waals surface area contributed by atoms with Gasteiger partial charge in [0.15, 0.2) is 0 Å². The third-order valence-electron chi connectivity index (χ3n) is 4.48. The molecule has 1 N–H and O–H groups in total. The number of rotatable bonds is 2. The molecule has 0 spiro atoms. The molecular formula is C21H17N. The molecule has 0 bridgehead atoms. The van der Waals surface area contributed by atoms with Crippen LogP contribution in [0.3, 0.4) is 0 Å². The van der Waals surface area contributed by atoms with Gasteiger partial charge in [-0.05, 0) is 22.8 Å². The molecular weight excluding hydrogens is 266 g/mol. The lowest BCUT2D eigenvalue weighted by Gasteiger charge is -2.32. The van der Waals surface area contributed by atoms with Gasteiger partial charge in [0, 0.05) is 11.4 Å². The Morgan fingerprint density at radius 2 is 1.14 bits per heavy atom. The van der Waals surface area contributed by atoms with E-state index in [1.165, 1.54) is 16.7 Å². The average molecular weight is 283 g/mol. The normalized spacial score (nSPS) is 15.2. The van der Waals surface area contributed by atoms with E-state index in [9.17, 15) is 0 Å². The van der Waals surface area contributed by atoms with E-state index in [0.717, 1.165) is 11.4 Å². The summed E-state index contributed by atoms with van der Waals surface area (Å²) in [7, 11) is 0. The molecule has 1 aliphatic rings. The summed E-state index contributed by atoms with van der Waals surface area (Å²) in [4.78, 5) is 0. The Morgan fingerprint density at radius 1 is 0.636 bits per heavy atom. The molecule has 0 aromatic heterocycles. The molecule has 0 unspecified atom stereocenters. The second kappa shape index (κ2) is 4.88. The van der Waals surface area contributed by atoms with Crippen molar-refractivity contribution in [2.45, 2.75) is 5.41 Å². The largest absolute Gasteiger partial charge is 0.358 e. The van der Waals surface area contributed by atoms with Gasteiger partial charge in [-0.25, -0.2) is 0 Å². The van der Waals surface area contributed by atoms with Crippen molar-refractivity contribution >= 4 is 5.69 Å². The SMILES string of the molecule is C=C1Nc2ccccc2C1(c1ccccc1)c1ccccc1. The molecule has 1 heterocycles. The van der Waals surface area contributed by atoms with Crippen molar-refractivity contribution in [3.8, 4) is 0 Å². The van der Waals surface area contributed by atoms with Gasteiger partial charge in [0.2, 0.25) is 0 Å². The van der Waals surface area contributed by atoms with E-state index in [2.05, 4.69) is 96.8 Å². The molecule has 3 aromatic carbocycles. The minimum Gasteiger partial charge on any atom is -0.358 e. The first kappa shape index (κ1) is 12.9. The highest BCUT2D eigenvalue weighted by Gasteiger charge is 2.44. The van der Waals surface area contributed by atoms with Gasteiger partial charge in [0.05, 0.1) is 5.41 Å². The fourth-order valence-corrected chi connectivity index (χ4v) is 3.54. The zero-order valence-corrected chi connectivity index (χ0v) is 12.3. The van der Waals surface area contributed by atoms with Crippen molar-refractivity contribution in [3.63, 3.8) is 0 Å². The van der Waals surface area contributed by atoms with Crippen molar-refractivity contribution < 1.29 is 0 Å². The molecule has 1 aliphatic heterocycles. The number of allylic oxidation sites excluding steroid dienone is 1. The first-order chi connectivity index (χ1) is 10.8. The molecule has 3 aromatic rings. The molecule has 0 aliphatic carbocycles. The number of hydrogen-bond acceptors (Lipinski definition) is 1. The summed E-state index contributed by atoms with van der Waals surface area (Å²) in [5.74, 6) is 0. The van der Waals surface area contributed by atoms with E-state index in [1.807, 2.05) is 0 Å². The molecule has 0 saturated heterocycles. The van der Waals surface area contributed by atoms with E-state index >= 15 is 0 Å². The van der Waals surface area contributed by atoms with Crippen LogP contribution in [0.5, 0.6) is 0 Å². The number of para-hydroxylation sites is 1. The molecule has 0 radical (unpaired) electrons. The van der Waals surface area contributed by atoms with Crippen LogP contribution in [0.25, 0.3) is 0 Å². The Bertz CT molecular complexity index is 779. The lowest BCUT2D eigenvalue weighted by molar-refractivity contribution is 0.764. The highest BCUT2D eigenvalue weighted by atomic mass is 15.0. The number of benzene rings is 3. The molecule has 0 saturated carbocycles. The minimum absolute atomic E-state index is 0.334. The summed E-state index contributed by atoms with van der Waals surface area (Å²) in [6.07, 6.45) is 0. The Morgan fingerprint density at radius 3 is 1.73 bits per heavy atom. The first-order valence-corrected chi connectivity index (χ1v) is 7.50. The van der Waals surface area contributed by atoms with Crippen LogP contribution in [0.15, 0.2) is 97.2 Å². The molecule has 22 heavy (non-hydrogen) atoms. The van der Waals surface area contributed by atoms with Gasteiger partial charge in [-0.15, -0.1) is 0 Å². The van der Waals surface area contributed by atoms with Crippen LogP contribution in [-0.2, 0) is 5.41 Å². The maximum atomic E-state index is 4.36. The predicted octanol–water partition coefficient (Wildman–Crippen LogP) is 4.96. The summed E-state index contributed by atoms with van der Waals surface area (Å²) in [5, 5.41) is 3.49. The smallest absolute Gasteiger partial charge is 0.0865 e. The summed E-state index contributed by atoms with van der Waals surface area (Å²) in [6.45, 7) is 4.36. The maximum absolute atomic E-state index is 4.36. The minimum atomic E-state index is -0.334. The van der Waals surface area contributed by atoms with Crippen LogP contribution >= 0.6 is 0 Å². The summed E-state index contributed by atoms with van der Waals surface area (Å²) < 4.78 is 0. The molecule has 106 valence electrons. The Labute approximate surface area is 130 Å². The topological polar surface area (TPSA) is 12.0 Å². The van der Waals surface area contributed by atoms with E-state index < -0.39 is 0 Å². The van der Waals surface area contributed by atoms with Gasteiger partial charge in [-0.3, -0.25) is 0 Å². The fraction of sp³-hybridized carbons (Fsp3) is 0.0476. The standard InChI is InChI=1S/C21H17N/c1-16-21(17-10-4-2-5-11-17,18-12-6-3-7-13-18)19-14-8-9-15-20(19)22-16/h2-15,22H,1H2. The van der Waals surface area contributed by atoms with Crippen molar-refractivity contribution in [2.24, 2.45) is 0 Å². The van der Waals surface area contributed by atoms with Crippen LogP contribution < -0.4 is 5.32 Å². The number of hydrogen-bond donors (Lipinski definition) is 1. The zero-order chi connectivity index (χ0) is 15.0. The van der Waals surface area contributed by atoms with E-state index in [-0.39, 0.29) is 5.41 Å². The second-order valence-corrected chi connectivity index (χ2v) is 5.63. The molecule has 0 fully saturated rings. The maximum Gasteiger partial charge on any atom is 0.0865 e. The third-order valence-corrected chi connectivity index (χ3v) is 4.48. The zero-order valence-electron chi connectivity index (χ0n) is 12.3. The monoisotopic (exact) mass is 283 g/mol. The Kier molecular flexibility index (Phi) is 2.87. The first-order valence-electron chi connectivity index (χ1n) is 7.50. The molecule has 4 rings (SSSR count). The summed E-state index contributed by atoms with van der Waals surface area (Å²) in [6, 6.07) is 29.7.